The van der Waals surface area contributed by atoms with Crippen LogP contribution in [0.25, 0.3) is 21.5 Å². The molecule has 0 spiro atoms. The summed E-state index contributed by atoms with van der Waals surface area (Å²) in [5, 5.41) is 3.69. The third kappa shape index (κ3) is 3.76. The van der Waals surface area contributed by atoms with Crippen molar-refractivity contribution in [2.75, 3.05) is 31.1 Å². The molecule has 0 amide bonds. The van der Waals surface area contributed by atoms with Crippen LogP contribution < -0.4 is 4.90 Å². The van der Waals surface area contributed by atoms with Crippen molar-refractivity contribution in [3.05, 3.63) is 71.5 Å². The van der Waals surface area contributed by atoms with Crippen molar-refractivity contribution in [2.24, 2.45) is 0 Å². The minimum absolute atomic E-state index is 0.414. The molecule has 0 bridgehead atoms. The Morgan fingerprint density at radius 2 is 1.70 bits per heavy atom. The second kappa shape index (κ2) is 8.04. The van der Waals surface area contributed by atoms with Gasteiger partial charge in [-0.25, -0.2) is 23.7 Å². The normalized spacial score (nSPS) is 15.1. The lowest BCUT2D eigenvalue weighted by Gasteiger charge is -2.35. The van der Waals surface area contributed by atoms with Crippen LogP contribution in [0, 0.1) is 11.6 Å². The molecular weight excluding hydrogens is 404 g/mol. The first-order valence-corrected chi connectivity index (χ1v) is 10.6. The van der Waals surface area contributed by atoms with Gasteiger partial charge in [0.15, 0.2) is 11.6 Å². The molecule has 8 heteroatoms. The van der Waals surface area contributed by atoms with E-state index in [4.69, 9.17) is 4.98 Å². The first-order valence-electron chi connectivity index (χ1n) is 9.74. The van der Waals surface area contributed by atoms with Gasteiger partial charge >= 0.3 is 0 Å². The molecule has 1 fully saturated rings. The average molecular weight is 423 g/mol. The molecule has 2 aromatic carbocycles. The Balaban J connectivity index is 1.27. The summed E-state index contributed by atoms with van der Waals surface area (Å²) in [5.74, 6) is -1.12. The summed E-state index contributed by atoms with van der Waals surface area (Å²) in [7, 11) is 0. The molecule has 0 radical (unpaired) electrons. The summed E-state index contributed by atoms with van der Waals surface area (Å²) in [4.78, 5) is 17.7. The molecule has 3 heterocycles. The lowest BCUT2D eigenvalue weighted by atomic mass is 10.2. The molecule has 1 aliphatic rings. The maximum atomic E-state index is 13.8. The van der Waals surface area contributed by atoms with Crippen LogP contribution in [0.4, 0.5) is 14.6 Å². The van der Waals surface area contributed by atoms with Crippen molar-refractivity contribution < 1.29 is 8.78 Å². The second-order valence-corrected chi connectivity index (χ2v) is 8.11. The number of fused-ring (bicyclic) bond motifs is 1. The van der Waals surface area contributed by atoms with E-state index in [0.717, 1.165) is 55.1 Å². The van der Waals surface area contributed by atoms with Gasteiger partial charge in [-0.05, 0) is 6.07 Å². The monoisotopic (exact) mass is 423 g/mol. The number of aromatic nitrogens is 3. The van der Waals surface area contributed by atoms with Crippen LogP contribution in [0.15, 0.2) is 54.2 Å². The van der Waals surface area contributed by atoms with Gasteiger partial charge in [-0.1, -0.05) is 30.3 Å². The van der Waals surface area contributed by atoms with Gasteiger partial charge in [0.05, 0.1) is 11.2 Å². The van der Waals surface area contributed by atoms with E-state index in [0.29, 0.717) is 16.7 Å². The highest BCUT2D eigenvalue weighted by Gasteiger charge is 2.21. The number of rotatable bonds is 4. The standard InChI is InChI=1S/C22H19F2N5S/c23-18-10-17-20(11-19(18)24)25-14-26-21(17)29-8-6-28(7-9-29)12-16-13-30-22(27-16)15-4-2-1-3-5-15/h1-5,10-11,13-14H,6-9,12H2. The molecule has 5 nitrogen and oxygen atoms in total. The minimum atomic E-state index is -0.893. The highest BCUT2D eigenvalue weighted by atomic mass is 32.1. The van der Waals surface area contributed by atoms with Crippen molar-refractivity contribution in [1.29, 1.82) is 0 Å². The maximum Gasteiger partial charge on any atom is 0.161 e. The molecule has 0 N–H and O–H groups in total. The highest BCUT2D eigenvalue weighted by molar-refractivity contribution is 7.13. The minimum Gasteiger partial charge on any atom is -0.353 e. The van der Waals surface area contributed by atoms with Crippen molar-refractivity contribution in [2.45, 2.75) is 6.54 Å². The molecular formula is C22H19F2N5S. The topological polar surface area (TPSA) is 45.2 Å². The summed E-state index contributed by atoms with van der Waals surface area (Å²) in [5.41, 5.74) is 2.62. The fourth-order valence-corrected chi connectivity index (χ4v) is 4.55. The van der Waals surface area contributed by atoms with Crippen LogP contribution in [0.1, 0.15) is 5.69 Å². The number of nitrogens with zero attached hydrogens (tertiary/aromatic N) is 5. The van der Waals surface area contributed by atoms with Crippen LogP contribution in [-0.2, 0) is 6.54 Å². The molecule has 0 unspecified atom stereocenters. The Morgan fingerprint density at radius 1 is 0.933 bits per heavy atom. The van der Waals surface area contributed by atoms with Crippen LogP contribution in [0.5, 0.6) is 0 Å². The Kier molecular flexibility index (Phi) is 5.10. The van der Waals surface area contributed by atoms with Gasteiger partial charge in [-0.15, -0.1) is 11.3 Å². The van der Waals surface area contributed by atoms with Gasteiger partial charge in [0.1, 0.15) is 17.2 Å². The highest BCUT2D eigenvalue weighted by Crippen LogP contribution is 2.27. The lowest BCUT2D eigenvalue weighted by Crippen LogP contribution is -2.46. The maximum absolute atomic E-state index is 13.8. The molecule has 152 valence electrons. The Labute approximate surface area is 176 Å². The van der Waals surface area contributed by atoms with Crippen molar-refractivity contribution in [3.63, 3.8) is 0 Å². The number of thiazole rings is 1. The van der Waals surface area contributed by atoms with Gasteiger partial charge < -0.3 is 4.90 Å². The molecule has 0 atom stereocenters. The zero-order valence-electron chi connectivity index (χ0n) is 16.1. The second-order valence-electron chi connectivity index (χ2n) is 7.25. The van der Waals surface area contributed by atoms with E-state index in [1.165, 1.54) is 12.4 Å². The van der Waals surface area contributed by atoms with Gasteiger partial charge in [-0.2, -0.15) is 0 Å². The van der Waals surface area contributed by atoms with Gasteiger partial charge in [0.2, 0.25) is 0 Å². The van der Waals surface area contributed by atoms with Crippen LogP contribution in [0.2, 0.25) is 0 Å². The quantitative estimate of drug-likeness (QED) is 0.488. The Bertz CT molecular complexity index is 1170. The molecule has 30 heavy (non-hydrogen) atoms. The first-order chi connectivity index (χ1) is 14.7. The molecule has 0 aliphatic carbocycles. The van der Waals surface area contributed by atoms with Crippen LogP contribution in [0.3, 0.4) is 0 Å². The third-order valence-corrected chi connectivity index (χ3v) is 6.23. The summed E-state index contributed by atoms with van der Waals surface area (Å²) < 4.78 is 27.3. The third-order valence-electron chi connectivity index (χ3n) is 5.29. The number of hydrogen-bond acceptors (Lipinski definition) is 6. The van der Waals surface area contributed by atoms with E-state index < -0.39 is 11.6 Å². The number of halogens is 2. The Morgan fingerprint density at radius 3 is 2.50 bits per heavy atom. The van der Waals surface area contributed by atoms with E-state index in [-0.39, 0.29) is 0 Å². The van der Waals surface area contributed by atoms with Gasteiger partial charge in [0.25, 0.3) is 0 Å². The van der Waals surface area contributed by atoms with Crippen molar-refractivity contribution in [3.8, 4) is 10.6 Å². The predicted molar refractivity (Wildman–Crippen MR) is 114 cm³/mol. The van der Waals surface area contributed by atoms with Crippen LogP contribution in [-0.4, -0.2) is 46.0 Å². The summed E-state index contributed by atoms with van der Waals surface area (Å²) in [6, 6.07) is 12.5. The molecule has 4 aromatic rings. The van der Waals surface area contributed by atoms with Gasteiger partial charge in [-0.3, -0.25) is 4.90 Å². The van der Waals surface area contributed by atoms with E-state index >= 15 is 0 Å². The first kappa shape index (κ1) is 19.0. The number of piperazine rings is 1. The van der Waals surface area contributed by atoms with E-state index in [1.807, 2.05) is 18.2 Å². The molecule has 2 aromatic heterocycles. The number of anilines is 1. The fraction of sp³-hybridized carbons (Fsp3) is 0.227. The zero-order valence-corrected chi connectivity index (χ0v) is 16.9. The average Bonchev–Trinajstić information content (AvgIpc) is 3.24. The smallest absolute Gasteiger partial charge is 0.161 e. The van der Waals surface area contributed by atoms with Crippen LogP contribution >= 0.6 is 11.3 Å². The SMILES string of the molecule is Fc1cc2ncnc(N3CCN(Cc4csc(-c5ccccc5)n4)CC3)c2cc1F. The lowest BCUT2D eigenvalue weighted by molar-refractivity contribution is 0.247. The van der Waals surface area contributed by atoms with E-state index in [1.54, 1.807) is 11.3 Å². The molecule has 5 rings (SSSR count). The molecule has 1 aliphatic heterocycles. The fourth-order valence-electron chi connectivity index (χ4n) is 3.73. The van der Waals surface area contributed by atoms with E-state index in [9.17, 15) is 8.78 Å². The van der Waals surface area contributed by atoms with Gasteiger partial charge in [0, 0.05) is 55.1 Å². The molecule has 0 saturated carbocycles. The van der Waals surface area contributed by atoms with Crippen molar-refractivity contribution >= 4 is 28.1 Å². The van der Waals surface area contributed by atoms with Crippen molar-refractivity contribution in [1.82, 2.24) is 19.9 Å². The zero-order chi connectivity index (χ0) is 20.5. The Hall–Kier alpha value is -2.97. The predicted octanol–water partition coefficient (Wildman–Crippen LogP) is 4.35. The summed E-state index contributed by atoms with van der Waals surface area (Å²) in [6.07, 6.45) is 1.40. The molecule has 1 saturated heterocycles. The number of hydrogen-bond donors (Lipinski definition) is 0. The summed E-state index contributed by atoms with van der Waals surface area (Å²) in [6.45, 7) is 3.98. The van der Waals surface area contributed by atoms with E-state index in [2.05, 4.69) is 37.3 Å². The number of benzene rings is 2. The summed E-state index contributed by atoms with van der Waals surface area (Å²) >= 11 is 1.66. The largest absolute Gasteiger partial charge is 0.353 e.